The Morgan fingerprint density at radius 2 is 2.05 bits per heavy atom. The molecule has 0 N–H and O–H groups in total. The molecule has 9 heteroatoms. The maximum absolute atomic E-state index is 5.94. The number of hydrogen-bond acceptors (Lipinski definition) is 7. The molecule has 0 aliphatic heterocycles. The smallest absolute Gasteiger partial charge is 0.257 e. The molecule has 3 rings (SSSR count). The van der Waals surface area contributed by atoms with Gasteiger partial charge in [0.05, 0.1) is 12.0 Å². The largest absolute Gasteiger partial charge is 0.496 e. The fraction of sp³-hybridized carbons (Fsp3) is 0.0833. The highest BCUT2D eigenvalue weighted by Crippen LogP contribution is 2.33. The average Bonchev–Trinajstić information content (AvgIpc) is 3.01. The molecule has 0 saturated carbocycles. The van der Waals surface area contributed by atoms with Gasteiger partial charge in [-0.15, -0.1) is 0 Å². The highest BCUT2D eigenvalue weighted by Gasteiger charge is 2.11. The molecule has 106 valence electrons. The number of methoxy groups -OCH3 is 1. The van der Waals surface area contributed by atoms with Crippen molar-refractivity contribution >= 4 is 23.4 Å². The van der Waals surface area contributed by atoms with Crippen molar-refractivity contribution < 1.29 is 4.74 Å². The second-order valence-corrected chi connectivity index (χ2v) is 5.13. The number of benzene rings is 1. The third kappa shape index (κ3) is 3.11. The molecule has 0 aliphatic carbocycles. The van der Waals surface area contributed by atoms with E-state index >= 15 is 0 Å². The molecule has 0 atom stereocenters. The number of rotatable bonds is 4. The molecule has 0 radical (unpaired) electrons. The molecule has 21 heavy (non-hydrogen) atoms. The van der Waals surface area contributed by atoms with Gasteiger partial charge in [0.15, 0.2) is 5.16 Å². The standard InChI is InChI=1S/C12H9ClN6OS/c1-20-8-4-2-3-5-9(8)21-12-17-10(13)16-11(18-12)19-7-14-6-15-19/h2-7H,1H3. The van der Waals surface area contributed by atoms with Crippen molar-refractivity contribution in [2.75, 3.05) is 7.11 Å². The third-order valence-electron chi connectivity index (χ3n) is 2.47. The summed E-state index contributed by atoms with van der Waals surface area (Å²) in [4.78, 5) is 17.2. The van der Waals surface area contributed by atoms with Gasteiger partial charge >= 0.3 is 0 Å². The summed E-state index contributed by atoms with van der Waals surface area (Å²) in [6.45, 7) is 0. The van der Waals surface area contributed by atoms with Gasteiger partial charge in [-0.25, -0.2) is 4.98 Å². The lowest BCUT2D eigenvalue weighted by Crippen LogP contribution is -2.04. The summed E-state index contributed by atoms with van der Waals surface area (Å²) in [5.41, 5.74) is 0. The van der Waals surface area contributed by atoms with Crippen molar-refractivity contribution in [2.24, 2.45) is 0 Å². The summed E-state index contributed by atoms with van der Waals surface area (Å²) in [5, 5.41) is 4.51. The lowest BCUT2D eigenvalue weighted by Gasteiger charge is -2.07. The summed E-state index contributed by atoms with van der Waals surface area (Å²) < 4.78 is 6.71. The van der Waals surface area contributed by atoms with Crippen LogP contribution in [0.15, 0.2) is 47.0 Å². The SMILES string of the molecule is COc1ccccc1Sc1nc(Cl)nc(-n2cncn2)n1. The third-order valence-corrected chi connectivity index (χ3v) is 3.56. The van der Waals surface area contributed by atoms with Crippen LogP contribution in [0.3, 0.4) is 0 Å². The summed E-state index contributed by atoms with van der Waals surface area (Å²) in [5.74, 6) is 1.05. The molecule has 3 aromatic rings. The van der Waals surface area contributed by atoms with Gasteiger partial charge in [-0.2, -0.15) is 24.7 Å². The van der Waals surface area contributed by atoms with Gasteiger partial charge in [0.1, 0.15) is 18.4 Å². The van der Waals surface area contributed by atoms with Crippen LogP contribution in [0.2, 0.25) is 5.28 Å². The molecule has 0 unspecified atom stereocenters. The van der Waals surface area contributed by atoms with E-state index in [1.165, 1.54) is 29.1 Å². The van der Waals surface area contributed by atoms with Crippen molar-refractivity contribution in [1.82, 2.24) is 29.7 Å². The van der Waals surface area contributed by atoms with Gasteiger partial charge < -0.3 is 4.74 Å². The van der Waals surface area contributed by atoms with Crippen LogP contribution in [0.25, 0.3) is 5.95 Å². The molecular weight excluding hydrogens is 312 g/mol. The van der Waals surface area contributed by atoms with E-state index in [-0.39, 0.29) is 5.28 Å². The normalized spacial score (nSPS) is 10.6. The van der Waals surface area contributed by atoms with E-state index in [0.29, 0.717) is 11.1 Å². The molecule has 2 aromatic heterocycles. The highest BCUT2D eigenvalue weighted by molar-refractivity contribution is 7.99. The Balaban J connectivity index is 1.96. The molecule has 0 fully saturated rings. The van der Waals surface area contributed by atoms with E-state index < -0.39 is 0 Å². The Bertz CT molecular complexity index is 751. The second-order valence-electron chi connectivity index (χ2n) is 3.78. The zero-order valence-electron chi connectivity index (χ0n) is 10.8. The fourth-order valence-corrected chi connectivity index (χ4v) is 2.64. The zero-order chi connectivity index (χ0) is 14.7. The van der Waals surface area contributed by atoms with Crippen LogP contribution in [-0.2, 0) is 0 Å². The summed E-state index contributed by atoms with van der Waals surface area (Å²) >= 11 is 7.27. The van der Waals surface area contributed by atoms with E-state index in [4.69, 9.17) is 16.3 Å². The summed E-state index contributed by atoms with van der Waals surface area (Å²) in [6.07, 6.45) is 2.88. The predicted molar refractivity (Wildman–Crippen MR) is 76.9 cm³/mol. The quantitative estimate of drug-likeness (QED) is 0.729. The van der Waals surface area contributed by atoms with E-state index in [1.54, 1.807) is 7.11 Å². The van der Waals surface area contributed by atoms with Gasteiger partial charge in [-0.3, -0.25) is 0 Å². The van der Waals surface area contributed by atoms with Gasteiger partial charge in [-0.1, -0.05) is 12.1 Å². The molecule has 1 aromatic carbocycles. The van der Waals surface area contributed by atoms with Crippen LogP contribution in [-0.4, -0.2) is 36.8 Å². The Morgan fingerprint density at radius 3 is 2.81 bits per heavy atom. The van der Waals surface area contributed by atoms with Gasteiger partial charge in [0.2, 0.25) is 5.28 Å². The van der Waals surface area contributed by atoms with Crippen LogP contribution in [0.4, 0.5) is 0 Å². The minimum Gasteiger partial charge on any atom is -0.496 e. The molecule has 0 aliphatic rings. The van der Waals surface area contributed by atoms with E-state index in [9.17, 15) is 0 Å². The van der Waals surface area contributed by atoms with E-state index in [2.05, 4.69) is 25.0 Å². The first kappa shape index (κ1) is 13.8. The molecule has 2 heterocycles. The number of aromatic nitrogens is 6. The van der Waals surface area contributed by atoms with Gasteiger partial charge in [-0.05, 0) is 35.5 Å². The van der Waals surface area contributed by atoms with Crippen molar-refractivity contribution in [3.05, 3.63) is 42.2 Å². The van der Waals surface area contributed by atoms with Crippen LogP contribution < -0.4 is 4.74 Å². The molecule has 0 bridgehead atoms. The molecular formula is C12H9ClN6OS. The number of ether oxygens (including phenoxy) is 1. The van der Waals surface area contributed by atoms with Crippen LogP contribution >= 0.6 is 23.4 Å². The maximum atomic E-state index is 5.94. The van der Waals surface area contributed by atoms with Gasteiger partial charge in [0.25, 0.3) is 5.95 Å². The Morgan fingerprint density at radius 1 is 1.19 bits per heavy atom. The van der Waals surface area contributed by atoms with Crippen molar-refractivity contribution in [3.8, 4) is 11.7 Å². The average molecular weight is 321 g/mol. The topological polar surface area (TPSA) is 78.6 Å². The lowest BCUT2D eigenvalue weighted by atomic mass is 10.3. The minimum atomic E-state index is 0.0906. The summed E-state index contributed by atoms with van der Waals surface area (Å²) in [7, 11) is 1.61. The Kier molecular flexibility index (Phi) is 3.98. The number of hydrogen-bond donors (Lipinski definition) is 0. The molecule has 0 spiro atoms. The van der Waals surface area contributed by atoms with Crippen molar-refractivity contribution in [1.29, 1.82) is 0 Å². The number of para-hydroxylation sites is 1. The van der Waals surface area contributed by atoms with Crippen LogP contribution in [0.5, 0.6) is 5.75 Å². The Hall–Kier alpha value is -2.19. The monoisotopic (exact) mass is 320 g/mol. The van der Waals surface area contributed by atoms with E-state index in [1.807, 2.05) is 24.3 Å². The first-order valence-corrected chi connectivity index (χ1v) is 7.03. The van der Waals surface area contributed by atoms with E-state index in [0.717, 1.165) is 10.6 Å². The maximum Gasteiger partial charge on any atom is 0.257 e. The number of halogens is 1. The predicted octanol–water partition coefficient (Wildman–Crippen LogP) is 2.27. The second kappa shape index (κ2) is 6.06. The zero-order valence-corrected chi connectivity index (χ0v) is 12.4. The highest BCUT2D eigenvalue weighted by atomic mass is 35.5. The van der Waals surface area contributed by atoms with Crippen molar-refractivity contribution in [3.63, 3.8) is 0 Å². The molecule has 0 saturated heterocycles. The number of nitrogens with zero attached hydrogens (tertiary/aromatic N) is 6. The molecule has 7 nitrogen and oxygen atoms in total. The van der Waals surface area contributed by atoms with Crippen LogP contribution in [0, 0.1) is 0 Å². The summed E-state index contributed by atoms with van der Waals surface area (Å²) in [6, 6.07) is 7.58. The Labute approximate surface area is 129 Å². The first-order chi connectivity index (χ1) is 10.3. The van der Waals surface area contributed by atoms with Crippen molar-refractivity contribution in [2.45, 2.75) is 10.1 Å². The lowest BCUT2D eigenvalue weighted by molar-refractivity contribution is 0.405. The minimum absolute atomic E-state index is 0.0906. The first-order valence-electron chi connectivity index (χ1n) is 5.83. The van der Waals surface area contributed by atoms with Crippen LogP contribution in [0.1, 0.15) is 0 Å². The fourth-order valence-electron chi connectivity index (χ4n) is 1.58. The molecule has 0 amide bonds. The van der Waals surface area contributed by atoms with Gasteiger partial charge in [0, 0.05) is 0 Å².